The number of carboxylic acid groups (broad SMARTS) is 1. The van der Waals surface area contributed by atoms with Crippen LogP contribution in [-0.4, -0.2) is 105 Å². The van der Waals surface area contributed by atoms with Gasteiger partial charge in [0.25, 0.3) is 0 Å². The quantitative estimate of drug-likeness (QED) is 0.511. The standard InChI is InChI=1S/C22H36N4O3S.C2HF3O2/c1-19-6-7-20(2)21(18-19)30(28,29)26(17-16-24-11-4-3-5-12-24)13-8-22(27)25-14-9-23-10-15-25;3-2(4,5)1(6)7/h6-7,18,23H,3-5,8-17H2,1-2H3;(H,6,7). The predicted molar refractivity (Wildman–Crippen MR) is 133 cm³/mol. The highest BCUT2D eigenvalue weighted by Gasteiger charge is 2.38. The first-order valence-corrected chi connectivity index (χ1v) is 13.8. The number of alkyl halides is 3. The van der Waals surface area contributed by atoms with Gasteiger partial charge in [-0.2, -0.15) is 17.5 Å². The molecule has 0 atom stereocenters. The maximum absolute atomic E-state index is 13.5. The average molecular weight is 551 g/mol. The van der Waals surface area contributed by atoms with Gasteiger partial charge in [-0.3, -0.25) is 4.79 Å². The lowest BCUT2D eigenvalue weighted by atomic mass is 10.1. The number of nitrogens with one attached hydrogen (secondary N) is 1. The van der Waals surface area contributed by atoms with Crippen molar-refractivity contribution in [2.75, 3.05) is 58.9 Å². The van der Waals surface area contributed by atoms with E-state index in [2.05, 4.69) is 10.2 Å². The average Bonchev–Trinajstić information content (AvgIpc) is 2.86. The van der Waals surface area contributed by atoms with Gasteiger partial charge in [-0.05, 0) is 57.0 Å². The van der Waals surface area contributed by atoms with Crippen molar-refractivity contribution in [2.45, 2.75) is 50.6 Å². The van der Waals surface area contributed by atoms with Gasteiger partial charge >= 0.3 is 12.1 Å². The van der Waals surface area contributed by atoms with Crippen molar-refractivity contribution in [1.82, 2.24) is 19.4 Å². The number of benzene rings is 1. The number of carbonyl (C=O) groups is 2. The number of piperazine rings is 1. The van der Waals surface area contributed by atoms with Gasteiger partial charge < -0.3 is 20.2 Å². The molecule has 2 aliphatic heterocycles. The van der Waals surface area contributed by atoms with Crippen LogP contribution in [0.4, 0.5) is 13.2 Å². The normalized spacial score (nSPS) is 17.3. The number of piperidine rings is 1. The molecule has 2 saturated heterocycles. The predicted octanol–water partition coefficient (Wildman–Crippen LogP) is 2.24. The summed E-state index contributed by atoms with van der Waals surface area (Å²) in [5, 5.41) is 10.4. The summed E-state index contributed by atoms with van der Waals surface area (Å²) in [4.78, 5) is 26.1. The van der Waals surface area contributed by atoms with E-state index in [4.69, 9.17) is 9.90 Å². The van der Waals surface area contributed by atoms with E-state index < -0.39 is 22.2 Å². The number of sulfonamides is 1. The van der Waals surface area contributed by atoms with Crippen LogP contribution >= 0.6 is 0 Å². The fourth-order valence-electron chi connectivity index (χ4n) is 4.21. The third-order valence-electron chi connectivity index (χ3n) is 6.36. The van der Waals surface area contributed by atoms with E-state index >= 15 is 0 Å². The zero-order valence-corrected chi connectivity index (χ0v) is 22.2. The summed E-state index contributed by atoms with van der Waals surface area (Å²) in [6, 6.07) is 5.54. The number of halogens is 3. The molecule has 1 aromatic carbocycles. The Morgan fingerprint density at radius 2 is 1.62 bits per heavy atom. The number of hydrogen-bond donors (Lipinski definition) is 2. The Kier molecular flexibility index (Phi) is 11.8. The summed E-state index contributed by atoms with van der Waals surface area (Å²) < 4.78 is 60.3. The minimum Gasteiger partial charge on any atom is -0.475 e. The molecular weight excluding hydrogens is 513 g/mol. The molecule has 0 aliphatic carbocycles. The molecular formula is C24H37F3N4O5S. The Morgan fingerprint density at radius 3 is 2.19 bits per heavy atom. The largest absolute Gasteiger partial charge is 0.490 e. The Bertz CT molecular complexity index is 1010. The van der Waals surface area contributed by atoms with Gasteiger partial charge in [0.05, 0.1) is 4.90 Å². The van der Waals surface area contributed by atoms with Gasteiger partial charge in [-0.1, -0.05) is 18.6 Å². The number of aryl methyl sites for hydroxylation is 2. The topological polar surface area (TPSA) is 110 Å². The number of likely N-dealkylation sites (tertiary alicyclic amines) is 1. The molecule has 2 heterocycles. The third kappa shape index (κ3) is 9.87. The van der Waals surface area contributed by atoms with E-state index in [1.54, 1.807) is 6.07 Å². The SMILES string of the molecule is Cc1ccc(C)c(S(=O)(=O)N(CCC(=O)N2CCNCC2)CCN2CCCCC2)c1.O=C(O)C(F)(F)F. The molecule has 0 unspecified atom stereocenters. The van der Waals surface area contributed by atoms with Crippen LogP contribution < -0.4 is 5.32 Å². The number of carboxylic acids is 1. The lowest BCUT2D eigenvalue weighted by Gasteiger charge is -2.31. The van der Waals surface area contributed by atoms with Crippen molar-refractivity contribution in [3.05, 3.63) is 29.3 Å². The van der Waals surface area contributed by atoms with Crippen LogP contribution in [0.2, 0.25) is 0 Å². The highest BCUT2D eigenvalue weighted by atomic mass is 32.2. The van der Waals surface area contributed by atoms with Crippen molar-refractivity contribution >= 4 is 21.9 Å². The Labute approximate surface area is 216 Å². The first-order valence-electron chi connectivity index (χ1n) is 12.4. The molecule has 2 aliphatic rings. The summed E-state index contributed by atoms with van der Waals surface area (Å²) in [5.41, 5.74) is 1.67. The Hall–Kier alpha value is -2.22. The summed E-state index contributed by atoms with van der Waals surface area (Å²) in [6.45, 7) is 10.1. The smallest absolute Gasteiger partial charge is 0.475 e. The van der Waals surface area contributed by atoms with Gasteiger partial charge in [-0.15, -0.1) is 0 Å². The molecule has 0 spiro atoms. The molecule has 210 valence electrons. The first kappa shape index (κ1) is 31.0. The number of aliphatic carboxylic acids is 1. The van der Waals surface area contributed by atoms with E-state index in [9.17, 15) is 26.4 Å². The van der Waals surface area contributed by atoms with E-state index in [1.807, 2.05) is 30.9 Å². The highest BCUT2D eigenvalue weighted by Crippen LogP contribution is 2.22. The monoisotopic (exact) mass is 550 g/mol. The van der Waals surface area contributed by atoms with Gasteiger partial charge in [0, 0.05) is 52.2 Å². The van der Waals surface area contributed by atoms with E-state index in [1.165, 1.54) is 23.6 Å². The second-order valence-corrected chi connectivity index (χ2v) is 11.2. The maximum atomic E-state index is 13.5. The van der Waals surface area contributed by atoms with Gasteiger partial charge in [-0.25, -0.2) is 13.2 Å². The van der Waals surface area contributed by atoms with Crippen LogP contribution in [-0.2, 0) is 19.6 Å². The van der Waals surface area contributed by atoms with Crippen molar-refractivity contribution in [1.29, 1.82) is 0 Å². The number of amides is 1. The van der Waals surface area contributed by atoms with Gasteiger partial charge in [0.1, 0.15) is 0 Å². The van der Waals surface area contributed by atoms with Crippen molar-refractivity contribution in [3.8, 4) is 0 Å². The van der Waals surface area contributed by atoms with Crippen molar-refractivity contribution in [3.63, 3.8) is 0 Å². The van der Waals surface area contributed by atoms with E-state index in [0.717, 1.165) is 37.3 Å². The molecule has 2 N–H and O–H groups in total. The molecule has 13 heteroatoms. The Morgan fingerprint density at radius 1 is 1.03 bits per heavy atom. The molecule has 1 aromatic rings. The van der Waals surface area contributed by atoms with Crippen LogP contribution in [0.5, 0.6) is 0 Å². The molecule has 0 radical (unpaired) electrons. The highest BCUT2D eigenvalue weighted by molar-refractivity contribution is 7.89. The molecule has 9 nitrogen and oxygen atoms in total. The minimum atomic E-state index is -5.08. The maximum Gasteiger partial charge on any atom is 0.490 e. The van der Waals surface area contributed by atoms with Crippen LogP contribution in [0.25, 0.3) is 0 Å². The third-order valence-corrected chi connectivity index (χ3v) is 8.40. The number of rotatable bonds is 8. The molecule has 1 amide bonds. The van der Waals surface area contributed by atoms with E-state index in [-0.39, 0.29) is 18.9 Å². The summed E-state index contributed by atoms with van der Waals surface area (Å²) in [5.74, 6) is -2.72. The number of nitrogens with zero attached hydrogens (tertiary/aromatic N) is 3. The zero-order chi connectivity index (χ0) is 27.6. The lowest BCUT2D eigenvalue weighted by molar-refractivity contribution is -0.192. The molecule has 2 fully saturated rings. The van der Waals surface area contributed by atoms with Crippen LogP contribution in [0.1, 0.15) is 36.8 Å². The Balaban J connectivity index is 0.000000604. The first-order chi connectivity index (χ1) is 17.3. The second kappa shape index (κ2) is 14.1. The molecule has 0 saturated carbocycles. The fourth-order valence-corrected chi connectivity index (χ4v) is 5.95. The van der Waals surface area contributed by atoms with Crippen LogP contribution in [0.15, 0.2) is 23.1 Å². The van der Waals surface area contributed by atoms with Crippen molar-refractivity contribution < 1.29 is 36.3 Å². The minimum absolute atomic E-state index is 0.0376. The fraction of sp³-hybridized carbons (Fsp3) is 0.667. The molecule has 37 heavy (non-hydrogen) atoms. The van der Waals surface area contributed by atoms with Gasteiger partial charge in [0.2, 0.25) is 15.9 Å². The van der Waals surface area contributed by atoms with Crippen molar-refractivity contribution in [2.24, 2.45) is 0 Å². The number of hydrogen-bond acceptors (Lipinski definition) is 6. The zero-order valence-electron chi connectivity index (χ0n) is 21.4. The van der Waals surface area contributed by atoms with Gasteiger partial charge in [0.15, 0.2) is 0 Å². The van der Waals surface area contributed by atoms with E-state index in [0.29, 0.717) is 31.1 Å². The summed E-state index contributed by atoms with van der Waals surface area (Å²) in [7, 11) is -3.66. The molecule has 0 bridgehead atoms. The molecule has 0 aromatic heterocycles. The summed E-state index contributed by atoms with van der Waals surface area (Å²) in [6.07, 6.45) is -1.26. The second-order valence-electron chi connectivity index (χ2n) is 9.26. The van der Waals surface area contributed by atoms with Crippen LogP contribution in [0.3, 0.4) is 0 Å². The van der Waals surface area contributed by atoms with Crippen LogP contribution in [0, 0.1) is 13.8 Å². The lowest BCUT2D eigenvalue weighted by Crippen LogP contribution is -2.47. The molecule has 3 rings (SSSR count). The summed E-state index contributed by atoms with van der Waals surface area (Å²) >= 11 is 0. The number of carbonyl (C=O) groups excluding carboxylic acids is 1.